The molecule has 0 aromatic rings. The molecule has 122 valence electrons. The van der Waals surface area contributed by atoms with Crippen LogP contribution < -0.4 is 0 Å². The highest BCUT2D eigenvalue weighted by Crippen LogP contribution is 2.40. The smallest absolute Gasteiger partial charge is 0.328 e. The van der Waals surface area contributed by atoms with Gasteiger partial charge in [0.15, 0.2) is 0 Å². The number of rotatable bonds is 5. The predicted octanol–water partition coefficient (Wildman–Crippen LogP) is 5.11. The number of aliphatic carboxylic acids is 1. The number of hydrogen-bond donors (Lipinski definition) is 1. The van der Waals surface area contributed by atoms with E-state index in [0.29, 0.717) is 5.57 Å². The van der Waals surface area contributed by atoms with Crippen LogP contribution >= 0.6 is 0 Å². The lowest BCUT2D eigenvalue weighted by molar-refractivity contribution is -0.131. The number of hydrogen-bond acceptors (Lipinski definition) is 2. The van der Waals surface area contributed by atoms with E-state index in [-0.39, 0.29) is 0 Å². The molecule has 0 unspecified atom stereocenters. The highest BCUT2D eigenvalue weighted by molar-refractivity contribution is 5.81. The van der Waals surface area contributed by atoms with E-state index < -0.39 is 11.4 Å². The molecule has 1 aliphatic rings. The van der Waals surface area contributed by atoms with Gasteiger partial charge in [-0.25, -0.2) is 4.79 Å². The fourth-order valence-electron chi connectivity index (χ4n) is 2.75. The van der Waals surface area contributed by atoms with E-state index in [0.717, 1.165) is 30.4 Å². The SMILES string of the molecule is CC1=C(/C=C/C(C)=C/C=C/C(C)=C/C(=O)O)[C@@](C)(C#N)CCC1. The minimum absolute atomic E-state index is 0.393. The Morgan fingerprint density at radius 3 is 2.61 bits per heavy atom. The van der Waals surface area contributed by atoms with Crippen LogP contribution in [0, 0.1) is 16.7 Å². The van der Waals surface area contributed by atoms with Crippen LogP contribution in [0.15, 0.2) is 58.7 Å². The summed E-state index contributed by atoms with van der Waals surface area (Å²) in [5, 5.41) is 18.1. The second kappa shape index (κ2) is 8.33. The van der Waals surface area contributed by atoms with Gasteiger partial charge in [0, 0.05) is 6.08 Å². The number of nitriles is 1. The van der Waals surface area contributed by atoms with Crippen LogP contribution in [0.1, 0.15) is 47.0 Å². The molecule has 0 fully saturated rings. The third kappa shape index (κ3) is 5.75. The Morgan fingerprint density at radius 1 is 1.30 bits per heavy atom. The fourth-order valence-corrected chi connectivity index (χ4v) is 2.75. The van der Waals surface area contributed by atoms with Gasteiger partial charge in [0.2, 0.25) is 0 Å². The number of carbonyl (C=O) groups is 1. The monoisotopic (exact) mass is 311 g/mol. The number of carboxylic acids is 1. The van der Waals surface area contributed by atoms with Gasteiger partial charge < -0.3 is 5.11 Å². The summed E-state index contributed by atoms with van der Waals surface area (Å²) in [6.07, 6.45) is 13.8. The third-order valence-electron chi connectivity index (χ3n) is 4.11. The molecule has 23 heavy (non-hydrogen) atoms. The lowest BCUT2D eigenvalue weighted by Crippen LogP contribution is -2.21. The zero-order valence-electron chi connectivity index (χ0n) is 14.4. The van der Waals surface area contributed by atoms with Crippen molar-refractivity contribution in [2.45, 2.75) is 47.0 Å². The molecule has 0 heterocycles. The number of allylic oxidation sites excluding steroid dienone is 9. The first-order valence-electron chi connectivity index (χ1n) is 7.84. The molecule has 1 rings (SSSR count). The third-order valence-corrected chi connectivity index (χ3v) is 4.11. The van der Waals surface area contributed by atoms with E-state index in [2.05, 4.69) is 19.1 Å². The quantitative estimate of drug-likeness (QED) is 0.567. The second-order valence-corrected chi connectivity index (χ2v) is 6.32. The van der Waals surface area contributed by atoms with Gasteiger partial charge >= 0.3 is 5.97 Å². The van der Waals surface area contributed by atoms with E-state index in [4.69, 9.17) is 5.11 Å². The highest BCUT2D eigenvalue weighted by atomic mass is 16.4. The van der Waals surface area contributed by atoms with Crippen molar-refractivity contribution in [3.63, 3.8) is 0 Å². The van der Waals surface area contributed by atoms with Crippen molar-refractivity contribution in [1.82, 2.24) is 0 Å². The van der Waals surface area contributed by atoms with Gasteiger partial charge in [0.25, 0.3) is 0 Å². The maximum absolute atomic E-state index is 10.5. The Kier molecular flexibility index (Phi) is 6.78. The molecule has 0 radical (unpaired) electrons. The molecule has 1 aliphatic carbocycles. The Labute approximate surface area is 139 Å². The predicted molar refractivity (Wildman–Crippen MR) is 93.7 cm³/mol. The molecule has 1 N–H and O–H groups in total. The van der Waals surface area contributed by atoms with Gasteiger partial charge in [-0.05, 0) is 58.1 Å². The van der Waals surface area contributed by atoms with Crippen molar-refractivity contribution < 1.29 is 9.90 Å². The molecule has 1 atom stereocenters. The van der Waals surface area contributed by atoms with Crippen molar-refractivity contribution in [3.8, 4) is 6.07 Å². The standard InChI is InChI=1S/C20H25NO2/c1-15(7-5-8-16(2)13-19(22)23)10-11-18-17(3)9-6-12-20(18,4)14-21/h5,7-8,10-11,13H,6,9,12H2,1-4H3,(H,22,23)/b8-5+,11-10+,15-7+,16-13+/t20-/m1/s1. The summed E-state index contributed by atoms with van der Waals surface area (Å²) < 4.78 is 0. The minimum Gasteiger partial charge on any atom is -0.478 e. The Hall–Kier alpha value is -2.34. The van der Waals surface area contributed by atoms with E-state index >= 15 is 0 Å². The van der Waals surface area contributed by atoms with Crippen molar-refractivity contribution in [1.29, 1.82) is 5.26 Å². The van der Waals surface area contributed by atoms with Gasteiger partial charge in [0.05, 0.1) is 11.5 Å². The number of nitrogens with zero attached hydrogens (tertiary/aromatic N) is 1. The minimum atomic E-state index is -0.941. The first-order valence-corrected chi connectivity index (χ1v) is 7.84. The molecule has 0 saturated heterocycles. The van der Waals surface area contributed by atoms with Crippen LogP contribution in [0.5, 0.6) is 0 Å². The van der Waals surface area contributed by atoms with E-state index in [9.17, 15) is 10.1 Å². The van der Waals surface area contributed by atoms with E-state index in [1.54, 1.807) is 13.0 Å². The molecule has 0 saturated carbocycles. The lowest BCUT2D eigenvalue weighted by Gasteiger charge is -2.30. The summed E-state index contributed by atoms with van der Waals surface area (Å²) in [5.41, 5.74) is 3.77. The zero-order chi connectivity index (χ0) is 17.5. The fraction of sp³-hybridized carbons (Fsp3) is 0.400. The van der Waals surface area contributed by atoms with Crippen LogP contribution in [0.4, 0.5) is 0 Å². The maximum Gasteiger partial charge on any atom is 0.328 e. The van der Waals surface area contributed by atoms with Crippen LogP contribution in [0.2, 0.25) is 0 Å². The van der Waals surface area contributed by atoms with Crippen LogP contribution in [-0.2, 0) is 4.79 Å². The largest absolute Gasteiger partial charge is 0.478 e. The average molecular weight is 311 g/mol. The first kappa shape index (κ1) is 18.7. The molecule has 0 spiro atoms. The molecule has 0 bridgehead atoms. The van der Waals surface area contributed by atoms with Crippen molar-refractivity contribution in [2.24, 2.45) is 5.41 Å². The van der Waals surface area contributed by atoms with E-state index in [1.165, 1.54) is 11.6 Å². The van der Waals surface area contributed by atoms with Crippen molar-refractivity contribution >= 4 is 5.97 Å². The highest BCUT2D eigenvalue weighted by Gasteiger charge is 2.31. The topological polar surface area (TPSA) is 61.1 Å². The van der Waals surface area contributed by atoms with Gasteiger partial charge in [-0.1, -0.05) is 41.5 Å². The molecule has 0 aromatic carbocycles. The molecular weight excluding hydrogens is 286 g/mol. The molecule has 0 aliphatic heterocycles. The summed E-state index contributed by atoms with van der Waals surface area (Å²) in [6.45, 7) is 7.85. The second-order valence-electron chi connectivity index (χ2n) is 6.32. The van der Waals surface area contributed by atoms with Crippen LogP contribution in [0.25, 0.3) is 0 Å². The molecular formula is C20H25NO2. The van der Waals surface area contributed by atoms with Gasteiger partial charge in [-0.3, -0.25) is 0 Å². The molecule has 3 heteroatoms. The van der Waals surface area contributed by atoms with Crippen LogP contribution in [0.3, 0.4) is 0 Å². The molecule has 0 aromatic heterocycles. The van der Waals surface area contributed by atoms with E-state index in [1.807, 2.05) is 32.1 Å². The lowest BCUT2D eigenvalue weighted by atomic mass is 9.72. The Bertz CT molecular complexity index is 654. The summed E-state index contributed by atoms with van der Waals surface area (Å²) in [6, 6.07) is 2.46. The average Bonchev–Trinajstić information content (AvgIpc) is 2.46. The summed E-state index contributed by atoms with van der Waals surface area (Å²) >= 11 is 0. The summed E-state index contributed by atoms with van der Waals surface area (Å²) in [5.74, 6) is -0.941. The molecule has 3 nitrogen and oxygen atoms in total. The van der Waals surface area contributed by atoms with Gasteiger partial charge in [-0.2, -0.15) is 5.26 Å². The number of carboxylic acid groups (broad SMARTS) is 1. The zero-order valence-corrected chi connectivity index (χ0v) is 14.4. The Morgan fingerprint density at radius 2 is 2.00 bits per heavy atom. The first-order chi connectivity index (χ1) is 10.8. The van der Waals surface area contributed by atoms with Crippen LogP contribution in [-0.4, -0.2) is 11.1 Å². The van der Waals surface area contributed by atoms with Crippen molar-refractivity contribution in [3.05, 3.63) is 58.7 Å². The summed E-state index contributed by atoms with van der Waals surface area (Å²) in [4.78, 5) is 10.5. The normalized spacial score (nSPS) is 23.6. The maximum atomic E-state index is 10.5. The van der Waals surface area contributed by atoms with Gasteiger partial charge in [-0.15, -0.1) is 0 Å². The Balaban J connectivity index is 2.87. The van der Waals surface area contributed by atoms with Gasteiger partial charge in [0.1, 0.15) is 0 Å². The van der Waals surface area contributed by atoms with Crippen molar-refractivity contribution in [2.75, 3.05) is 0 Å². The molecule has 0 amide bonds. The summed E-state index contributed by atoms with van der Waals surface area (Å²) in [7, 11) is 0.